The number of aliphatic hydroxyl groups is 1. The molecular weight excluding hydrogens is 436 g/mol. The van der Waals surface area contributed by atoms with Crippen LogP contribution in [0.4, 0.5) is 0 Å². The van der Waals surface area contributed by atoms with E-state index in [1.54, 1.807) is 0 Å². The summed E-state index contributed by atoms with van der Waals surface area (Å²) >= 11 is 0. The number of carbonyl (C=O) groups is 2. The second-order valence-electron chi connectivity index (χ2n) is 13.6. The molecule has 35 heavy (non-hydrogen) atoms. The van der Waals surface area contributed by atoms with E-state index < -0.39 is 18.0 Å². The van der Waals surface area contributed by atoms with Gasteiger partial charge in [-0.1, -0.05) is 72.8 Å². The zero-order valence-electron chi connectivity index (χ0n) is 22.9. The van der Waals surface area contributed by atoms with Crippen molar-refractivity contribution in [2.24, 2.45) is 45.3 Å². The molecule has 4 unspecified atom stereocenters. The molecular formula is C31H46O4. The maximum Gasteiger partial charge on any atom is 0.306 e. The Kier molecular flexibility index (Phi) is 6.36. The first-order valence-corrected chi connectivity index (χ1v) is 13.6. The molecule has 0 bridgehead atoms. The highest BCUT2D eigenvalue weighted by Crippen LogP contribution is 2.71. The third-order valence-electron chi connectivity index (χ3n) is 11.4. The maximum atomic E-state index is 12.8. The van der Waals surface area contributed by atoms with Gasteiger partial charge in [0, 0.05) is 23.2 Å². The number of aliphatic carboxylic acids is 1. The Morgan fingerprint density at radius 1 is 1.14 bits per heavy atom. The number of allylic oxidation sites excluding steroid dienone is 5. The Bertz CT molecular complexity index is 999. The van der Waals surface area contributed by atoms with Gasteiger partial charge in [0.2, 0.25) is 0 Å². The van der Waals surface area contributed by atoms with Gasteiger partial charge in [0.25, 0.3) is 0 Å². The molecule has 4 aliphatic carbocycles. The van der Waals surface area contributed by atoms with E-state index in [9.17, 15) is 19.8 Å². The molecule has 2 fully saturated rings. The van der Waals surface area contributed by atoms with Gasteiger partial charge in [-0.3, -0.25) is 9.59 Å². The second kappa shape index (κ2) is 8.43. The highest BCUT2D eigenvalue weighted by Gasteiger charge is 2.66. The summed E-state index contributed by atoms with van der Waals surface area (Å²) in [6, 6.07) is 0. The minimum atomic E-state index is -0.803. The minimum Gasteiger partial charge on any atom is -0.481 e. The molecule has 0 amide bonds. The summed E-state index contributed by atoms with van der Waals surface area (Å²) in [5.74, 6) is -0.739. The van der Waals surface area contributed by atoms with Crippen LogP contribution >= 0.6 is 0 Å². The Labute approximate surface area is 212 Å². The molecule has 0 saturated heterocycles. The largest absolute Gasteiger partial charge is 0.481 e. The number of hydrogen-bond acceptors (Lipinski definition) is 3. The number of Topliss-reactive ketones (excluding diaryl/α,β-unsaturated/α-hetero) is 1. The molecule has 4 nitrogen and oxygen atoms in total. The first-order valence-electron chi connectivity index (χ1n) is 13.6. The van der Waals surface area contributed by atoms with Crippen molar-refractivity contribution >= 4 is 11.8 Å². The van der Waals surface area contributed by atoms with Gasteiger partial charge in [-0.15, -0.1) is 0 Å². The zero-order valence-corrected chi connectivity index (χ0v) is 22.9. The minimum absolute atomic E-state index is 0.0594. The molecule has 0 heterocycles. The summed E-state index contributed by atoms with van der Waals surface area (Å²) in [4.78, 5) is 25.4. The number of hydrogen-bond donors (Lipinski definition) is 2. The van der Waals surface area contributed by atoms with E-state index in [0.29, 0.717) is 37.4 Å². The van der Waals surface area contributed by atoms with Gasteiger partial charge >= 0.3 is 5.97 Å². The van der Waals surface area contributed by atoms with Gasteiger partial charge in [-0.25, -0.2) is 0 Å². The molecule has 2 N–H and O–H groups in total. The standard InChI is InChI=1S/C31H46O4/c1-18(2)19(3)9-10-20(27(34)35)26-23(32)17-31(8)22-11-12-24-28(4,5)25(33)14-15-29(24,6)21(22)13-16-30(26,31)7/h11,13,18,20,23-24,26,32H,3,9-10,12,14-17H2,1-2,4-8H3,(H,34,35)/t20?,23?,24?,26?,29-,30-,31+/m1/s1. The van der Waals surface area contributed by atoms with E-state index >= 15 is 0 Å². The van der Waals surface area contributed by atoms with Crippen LogP contribution in [0.1, 0.15) is 93.4 Å². The predicted molar refractivity (Wildman–Crippen MR) is 140 cm³/mol. The third kappa shape index (κ3) is 3.64. The smallest absolute Gasteiger partial charge is 0.306 e. The number of ketones is 1. The topological polar surface area (TPSA) is 74.6 Å². The predicted octanol–water partition coefficient (Wildman–Crippen LogP) is 6.74. The number of aliphatic hydroxyl groups excluding tert-OH is 1. The van der Waals surface area contributed by atoms with Gasteiger partial charge in [-0.2, -0.15) is 0 Å². The fraction of sp³-hybridized carbons (Fsp3) is 0.742. The van der Waals surface area contributed by atoms with E-state index in [-0.39, 0.29) is 33.5 Å². The number of rotatable bonds is 6. The second-order valence-corrected chi connectivity index (χ2v) is 13.6. The first-order chi connectivity index (χ1) is 16.1. The Morgan fingerprint density at radius 3 is 2.40 bits per heavy atom. The van der Waals surface area contributed by atoms with Gasteiger partial charge in [0.1, 0.15) is 5.78 Å². The lowest BCUT2D eigenvalue weighted by molar-refractivity contribution is -0.148. The molecule has 194 valence electrons. The van der Waals surface area contributed by atoms with Gasteiger partial charge in [0.15, 0.2) is 0 Å². The number of carboxylic acid groups (broad SMARTS) is 1. The maximum absolute atomic E-state index is 12.8. The van der Waals surface area contributed by atoms with Crippen molar-refractivity contribution in [3.05, 3.63) is 35.5 Å². The van der Waals surface area contributed by atoms with Crippen LogP contribution in [0.5, 0.6) is 0 Å². The molecule has 4 rings (SSSR count). The normalized spacial score (nSPS) is 40.8. The van der Waals surface area contributed by atoms with Crippen LogP contribution in [0.25, 0.3) is 0 Å². The average Bonchev–Trinajstić information content (AvgIpc) is 2.97. The Balaban J connectivity index is 1.73. The fourth-order valence-corrected chi connectivity index (χ4v) is 8.72. The lowest BCUT2D eigenvalue weighted by Gasteiger charge is -2.59. The molecule has 0 aliphatic heterocycles. The molecule has 0 aromatic carbocycles. The van der Waals surface area contributed by atoms with E-state index in [4.69, 9.17) is 0 Å². The van der Waals surface area contributed by atoms with Crippen molar-refractivity contribution in [1.82, 2.24) is 0 Å². The molecule has 7 atom stereocenters. The van der Waals surface area contributed by atoms with Crippen LogP contribution in [-0.2, 0) is 9.59 Å². The summed E-state index contributed by atoms with van der Waals surface area (Å²) in [6.45, 7) is 19.4. The van der Waals surface area contributed by atoms with Crippen molar-refractivity contribution < 1.29 is 19.8 Å². The first kappa shape index (κ1) is 26.4. The van der Waals surface area contributed by atoms with Crippen molar-refractivity contribution in [2.75, 3.05) is 0 Å². The van der Waals surface area contributed by atoms with E-state index in [1.165, 1.54) is 11.1 Å². The van der Waals surface area contributed by atoms with E-state index in [1.807, 2.05) is 0 Å². The summed E-state index contributed by atoms with van der Waals surface area (Å²) < 4.78 is 0. The molecule has 0 aromatic heterocycles. The van der Waals surface area contributed by atoms with Crippen molar-refractivity contribution in [3.63, 3.8) is 0 Å². The Morgan fingerprint density at radius 2 is 1.80 bits per heavy atom. The zero-order chi connectivity index (χ0) is 26.1. The average molecular weight is 483 g/mol. The van der Waals surface area contributed by atoms with Crippen molar-refractivity contribution in [1.29, 1.82) is 0 Å². The molecule has 4 heteroatoms. The van der Waals surface area contributed by atoms with Crippen LogP contribution in [0, 0.1) is 45.3 Å². The van der Waals surface area contributed by atoms with Crippen LogP contribution in [0.15, 0.2) is 35.5 Å². The van der Waals surface area contributed by atoms with E-state index in [0.717, 1.165) is 24.8 Å². The van der Waals surface area contributed by atoms with Crippen LogP contribution in [0.2, 0.25) is 0 Å². The number of carbonyl (C=O) groups excluding carboxylic acids is 1. The summed E-state index contributed by atoms with van der Waals surface area (Å²) in [5, 5.41) is 21.8. The summed E-state index contributed by atoms with van der Waals surface area (Å²) in [7, 11) is 0. The molecule has 2 saturated carbocycles. The number of fused-ring (bicyclic) bond motifs is 5. The van der Waals surface area contributed by atoms with Crippen molar-refractivity contribution in [3.8, 4) is 0 Å². The van der Waals surface area contributed by atoms with Crippen LogP contribution in [0.3, 0.4) is 0 Å². The SMILES string of the molecule is C=C(CCC(C(=O)O)C1C(O)C[C@@]2(C)C3=CCC4C(C)(C)C(=O)CC[C@]4(C)C3=CC[C@]12C)C(C)C. The molecule has 0 radical (unpaired) electrons. The monoisotopic (exact) mass is 482 g/mol. The Hall–Kier alpha value is -1.68. The van der Waals surface area contributed by atoms with Gasteiger partial charge in [0.05, 0.1) is 12.0 Å². The molecule has 0 spiro atoms. The summed E-state index contributed by atoms with van der Waals surface area (Å²) in [5.41, 5.74) is 2.72. The number of carboxylic acids is 1. The van der Waals surface area contributed by atoms with Crippen LogP contribution < -0.4 is 0 Å². The van der Waals surface area contributed by atoms with Gasteiger partial charge in [-0.05, 0) is 72.3 Å². The van der Waals surface area contributed by atoms with Gasteiger partial charge < -0.3 is 10.2 Å². The highest BCUT2D eigenvalue weighted by molar-refractivity contribution is 5.86. The van der Waals surface area contributed by atoms with E-state index in [2.05, 4.69) is 67.2 Å². The summed E-state index contributed by atoms with van der Waals surface area (Å²) in [6.07, 6.45) is 8.97. The van der Waals surface area contributed by atoms with Crippen molar-refractivity contribution in [2.45, 2.75) is 99.5 Å². The third-order valence-corrected chi connectivity index (χ3v) is 11.4. The molecule has 0 aromatic rings. The molecule has 4 aliphatic rings. The lowest BCUT2D eigenvalue weighted by atomic mass is 9.44. The highest BCUT2D eigenvalue weighted by atomic mass is 16.4. The van der Waals surface area contributed by atoms with Crippen LogP contribution in [-0.4, -0.2) is 28.1 Å². The quantitative estimate of drug-likeness (QED) is 0.411. The fourth-order valence-electron chi connectivity index (χ4n) is 8.72. The lowest BCUT2D eigenvalue weighted by Crippen LogP contribution is -2.53.